The smallest absolute Gasteiger partial charge is 0.251 e. The Labute approximate surface area is 228 Å². The molecule has 3 aromatic carbocycles. The van der Waals surface area contributed by atoms with Crippen molar-refractivity contribution in [2.45, 2.75) is 57.6 Å². The summed E-state index contributed by atoms with van der Waals surface area (Å²) in [7, 11) is -3.62. The van der Waals surface area contributed by atoms with E-state index in [4.69, 9.17) is 0 Å². The van der Waals surface area contributed by atoms with Crippen LogP contribution in [0.3, 0.4) is 0 Å². The van der Waals surface area contributed by atoms with Gasteiger partial charge in [-0.2, -0.15) is 0 Å². The quantitative estimate of drug-likeness (QED) is 0.252. The van der Waals surface area contributed by atoms with Crippen molar-refractivity contribution < 1.29 is 27.1 Å². The second kappa shape index (κ2) is 13.6. The number of hydrogen-bond donors (Lipinski definition) is 4. The highest BCUT2D eigenvalue weighted by Crippen LogP contribution is 2.16. The summed E-state index contributed by atoms with van der Waals surface area (Å²) in [4.78, 5) is 13.1. The number of aryl methyl sites for hydroxylation is 1. The van der Waals surface area contributed by atoms with E-state index in [1.165, 1.54) is 43.7 Å². The van der Waals surface area contributed by atoms with Crippen molar-refractivity contribution in [3.05, 3.63) is 101 Å². The number of anilines is 1. The van der Waals surface area contributed by atoms with Crippen molar-refractivity contribution in [1.29, 1.82) is 0 Å². The van der Waals surface area contributed by atoms with E-state index in [2.05, 4.69) is 28.3 Å². The molecular formula is C29H35F2N3O4S. The summed E-state index contributed by atoms with van der Waals surface area (Å²) >= 11 is 0. The number of nitrogens with one attached hydrogen (secondary N) is 3. The van der Waals surface area contributed by atoms with Gasteiger partial charge in [0.1, 0.15) is 11.6 Å². The molecule has 39 heavy (non-hydrogen) atoms. The largest absolute Gasteiger partial charge is 0.390 e. The first-order valence-electron chi connectivity index (χ1n) is 12.8. The molecule has 0 saturated heterocycles. The highest BCUT2D eigenvalue weighted by molar-refractivity contribution is 7.93. The van der Waals surface area contributed by atoms with Gasteiger partial charge in [-0.25, -0.2) is 17.2 Å². The third-order valence-corrected chi connectivity index (χ3v) is 8.01. The van der Waals surface area contributed by atoms with Crippen LogP contribution in [0.1, 0.15) is 47.8 Å². The third-order valence-electron chi connectivity index (χ3n) is 6.25. The molecule has 0 aliphatic heterocycles. The third kappa shape index (κ3) is 9.12. The maximum absolute atomic E-state index is 13.8. The number of benzene rings is 3. The first-order chi connectivity index (χ1) is 18.5. The Morgan fingerprint density at radius 3 is 2.26 bits per heavy atom. The van der Waals surface area contributed by atoms with E-state index in [0.717, 1.165) is 30.2 Å². The summed E-state index contributed by atoms with van der Waals surface area (Å²) in [5.74, 6) is -2.09. The summed E-state index contributed by atoms with van der Waals surface area (Å²) in [6.45, 7) is 5.72. The fourth-order valence-electron chi connectivity index (χ4n) is 3.99. The standard InChI is InChI=1S/C29H35F2N3O4S/c1-4-20-7-5-8-21(11-20)17-32-18-28(35)27(14-22-12-24(30)16-25(31)13-22)33-29(36)23-9-6-10-26(15-23)34-39(37,38)19(2)3/h5-13,15-16,19,27-28,32,34-35H,4,14,17-18H2,1-3H3,(H,33,36)/t27-,28-/m0/s1. The number of carbonyl (C=O) groups is 1. The van der Waals surface area contributed by atoms with Gasteiger partial charge in [0.25, 0.3) is 5.91 Å². The van der Waals surface area contributed by atoms with Gasteiger partial charge in [0.2, 0.25) is 10.0 Å². The molecule has 10 heteroatoms. The van der Waals surface area contributed by atoms with E-state index in [-0.39, 0.29) is 29.8 Å². The average molecular weight is 560 g/mol. The summed E-state index contributed by atoms with van der Waals surface area (Å²) in [5.41, 5.74) is 2.87. The van der Waals surface area contributed by atoms with E-state index >= 15 is 0 Å². The fraction of sp³-hybridized carbons (Fsp3) is 0.345. The molecule has 0 spiro atoms. The summed E-state index contributed by atoms with van der Waals surface area (Å²) < 4.78 is 54.6. The number of sulfonamides is 1. The van der Waals surface area contributed by atoms with Gasteiger partial charge in [0, 0.05) is 30.4 Å². The molecule has 3 rings (SSSR count). The summed E-state index contributed by atoms with van der Waals surface area (Å²) in [6.07, 6.45) is -0.236. The molecule has 3 aromatic rings. The Bertz CT molecular complexity index is 1360. The normalized spacial score (nSPS) is 13.2. The Balaban J connectivity index is 1.75. The highest BCUT2D eigenvalue weighted by Gasteiger charge is 2.24. The van der Waals surface area contributed by atoms with Crippen molar-refractivity contribution in [3.8, 4) is 0 Å². The number of aliphatic hydroxyl groups excluding tert-OH is 1. The molecule has 0 bridgehead atoms. The Morgan fingerprint density at radius 1 is 0.923 bits per heavy atom. The Morgan fingerprint density at radius 2 is 1.59 bits per heavy atom. The number of carbonyl (C=O) groups excluding carboxylic acids is 1. The second-order valence-electron chi connectivity index (χ2n) is 9.71. The number of amides is 1. The molecule has 1 amide bonds. The van der Waals surface area contributed by atoms with E-state index < -0.39 is 45.0 Å². The molecule has 4 N–H and O–H groups in total. The molecule has 2 atom stereocenters. The van der Waals surface area contributed by atoms with Crippen LogP contribution in [0, 0.1) is 11.6 Å². The molecule has 0 fully saturated rings. The van der Waals surface area contributed by atoms with Crippen molar-refractivity contribution >= 4 is 21.6 Å². The lowest BCUT2D eigenvalue weighted by Gasteiger charge is -2.25. The lowest BCUT2D eigenvalue weighted by Crippen LogP contribution is -2.48. The average Bonchev–Trinajstić information content (AvgIpc) is 2.87. The van der Waals surface area contributed by atoms with Gasteiger partial charge < -0.3 is 15.7 Å². The minimum absolute atomic E-state index is 0.0335. The van der Waals surface area contributed by atoms with E-state index in [1.807, 2.05) is 18.2 Å². The lowest BCUT2D eigenvalue weighted by atomic mass is 10.00. The van der Waals surface area contributed by atoms with Crippen molar-refractivity contribution in [1.82, 2.24) is 10.6 Å². The Hall–Kier alpha value is -3.34. The van der Waals surface area contributed by atoms with Crippen LogP contribution in [-0.2, 0) is 29.4 Å². The maximum atomic E-state index is 13.8. The molecule has 210 valence electrons. The van der Waals surface area contributed by atoms with Gasteiger partial charge in [-0.1, -0.05) is 37.3 Å². The SMILES string of the molecule is CCc1cccc(CNC[C@H](O)[C@H](Cc2cc(F)cc(F)c2)NC(=O)c2cccc(NS(=O)(=O)C(C)C)c2)c1. The van der Waals surface area contributed by atoms with Crippen LogP contribution in [0.4, 0.5) is 14.5 Å². The first-order valence-corrected chi connectivity index (χ1v) is 14.4. The number of aliphatic hydroxyl groups is 1. The Kier molecular flexibility index (Phi) is 10.6. The molecular weight excluding hydrogens is 524 g/mol. The van der Waals surface area contributed by atoms with Crippen LogP contribution in [0.25, 0.3) is 0 Å². The molecule has 0 aromatic heterocycles. The van der Waals surface area contributed by atoms with Gasteiger partial charge >= 0.3 is 0 Å². The second-order valence-corrected chi connectivity index (χ2v) is 11.9. The van der Waals surface area contributed by atoms with Crippen LogP contribution >= 0.6 is 0 Å². The van der Waals surface area contributed by atoms with Crippen LogP contribution in [0.15, 0.2) is 66.7 Å². The van der Waals surface area contributed by atoms with E-state index in [0.29, 0.717) is 6.54 Å². The fourth-order valence-corrected chi connectivity index (χ4v) is 4.68. The van der Waals surface area contributed by atoms with Crippen molar-refractivity contribution in [2.75, 3.05) is 11.3 Å². The topological polar surface area (TPSA) is 108 Å². The van der Waals surface area contributed by atoms with Crippen LogP contribution < -0.4 is 15.4 Å². The first kappa shape index (κ1) is 30.2. The molecule has 7 nitrogen and oxygen atoms in total. The lowest BCUT2D eigenvalue weighted by molar-refractivity contribution is 0.0830. The zero-order valence-corrected chi connectivity index (χ0v) is 23.1. The number of hydrogen-bond acceptors (Lipinski definition) is 5. The molecule has 0 saturated carbocycles. The van der Waals surface area contributed by atoms with Gasteiger partial charge in [0.05, 0.1) is 17.4 Å². The number of halogens is 2. The number of rotatable bonds is 13. The van der Waals surface area contributed by atoms with Crippen LogP contribution in [-0.4, -0.2) is 43.4 Å². The van der Waals surface area contributed by atoms with Crippen LogP contribution in [0.2, 0.25) is 0 Å². The van der Waals surface area contributed by atoms with Crippen molar-refractivity contribution in [2.24, 2.45) is 0 Å². The summed E-state index contributed by atoms with van der Waals surface area (Å²) in [5, 5.41) is 16.3. The van der Waals surface area contributed by atoms with E-state index in [1.54, 1.807) is 0 Å². The monoisotopic (exact) mass is 559 g/mol. The molecule has 0 aliphatic rings. The summed E-state index contributed by atoms with van der Waals surface area (Å²) in [6, 6.07) is 16.1. The van der Waals surface area contributed by atoms with E-state index in [9.17, 15) is 27.1 Å². The zero-order chi connectivity index (χ0) is 28.6. The molecule has 0 radical (unpaired) electrons. The maximum Gasteiger partial charge on any atom is 0.251 e. The van der Waals surface area contributed by atoms with Gasteiger partial charge in [-0.3, -0.25) is 9.52 Å². The van der Waals surface area contributed by atoms with Crippen molar-refractivity contribution in [3.63, 3.8) is 0 Å². The minimum atomic E-state index is -3.62. The van der Waals surface area contributed by atoms with Gasteiger partial charge in [0.15, 0.2) is 0 Å². The molecule has 0 heterocycles. The van der Waals surface area contributed by atoms with Gasteiger partial charge in [-0.15, -0.1) is 0 Å². The van der Waals surface area contributed by atoms with Crippen LogP contribution in [0.5, 0.6) is 0 Å². The minimum Gasteiger partial charge on any atom is -0.390 e. The molecule has 0 unspecified atom stereocenters. The zero-order valence-electron chi connectivity index (χ0n) is 22.2. The predicted molar refractivity (Wildman–Crippen MR) is 149 cm³/mol. The predicted octanol–water partition coefficient (Wildman–Crippen LogP) is 4.17. The van der Waals surface area contributed by atoms with Gasteiger partial charge in [-0.05, 0) is 73.7 Å². The highest BCUT2D eigenvalue weighted by atomic mass is 32.2. The molecule has 0 aliphatic carbocycles.